The van der Waals surface area contributed by atoms with E-state index in [4.69, 9.17) is 0 Å². The molecule has 1 fully saturated rings. The van der Waals surface area contributed by atoms with Gasteiger partial charge in [0.15, 0.2) is 0 Å². The van der Waals surface area contributed by atoms with Crippen LogP contribution in [0.1, 0.15) is 36.7 Å². The zero-order valence-electron chi connectivity index (χ0n) is 12.9. The first kappa shape index (κ1) is 13.9. The molecule has 0 amide bonds. The predicted octanol–water partition coefficient (Wildman–Crippen LogP) is 3.97. The second-order valence-electron chi connectivity index (χ2n) is 5.69. The van der Waals surface area contributed by atoms with Crippen molar-refractivity contribution in [2.24, 2.45) is 0 Å². The summed E-state index contributed by atoms with van der Waals surface area (Å²) in [6.45, 7) is 6.23. The zero-order chi connectivity index (χ0) is 14.8. The van der Waals surface area contributed by atoms with Crippen molar-refractivity contribution in [3.63, 3.8) is 0 Å². The third kappa shape index (κ3) is 3.32. The maximum absolute atomic E-state index is 4.51. The van der Waals surface area contributed by atoms with Gasteiger partial charge in [0.1, 0.15) is 17.5 Å². The highest BCUT2D eigenvalue weighted by Crippen LogP contribution is 2.27. The van der Waals surface area contributed by atoms with Crippen LogP contribution in [0.5, 0.6) is 0 Å². The van der Waals surface area contributed by atoms with E-state index in [0.717, 1.165) is 29.6 Å². The molecule has 0 saturated heterocycles. The Morgan fingerprint density at radius 1 is 1.14 bits per heavy atom. The Morgan fingerprint density at radius 2 is 1.90 bits per heavy atom. The summed E-state index contributed by atoms with van der Waals surface area (Å²) in [6.07, 6.45) is 3.48. The molecular weight excluding hydrogens is 260 g/mol. The first-order chi connectivity index (χ1) is 10.2. The number of aromatic nitrogens is 2. The molecule has 1 aliphatic carbocycles. The van der Waals surface area contributed by atoms with Crippen LogP contribution in [0.4, 0.5) is 17.3 Å². The summed E-state index contributed by atoms with van der Waals surface area (Å²) < 4.78 is 0. The third-order valence-corrected chi connectivity index (χ3v) is 3.76. The normalized spacial score (nSPS) is 14.0. The largest absolute Gasteiger partial charge is 0.367 e. The number of aryl methyl sites for hydroxylation is 3. The first-order valence-electron chi connectivity index (χ1n) is 7.63. The molecule has 0 spiro atoms. The van der Waals surface area contributed by atoms with Gasteiger partial charge in [-0.25, -0.2) is 9.97 Å². The van der Waals surface area contributed by atoms with Crippen LogP contribution < -0.4 is 10.6 Å². The average Bonchev–Trinajstić information content (AvgIpc) is 3.24. The Hall–Kier alpha value is -2.10. The number of anilines is 3. The summed E-state index contributed by atoms with van der Waals surface area (Å²) in [5.74, 6) is 2.56. The van der Waals surface area contributed by atoms with Gasteiger partial charge >= 0.3 is 0 Å². The van der Waals surface area contributed by atoms with Gasteiger partial charge in [-0.15, -0.1) is 0 Å². The Morgan fingerprint density at radius 3 is 2.62 bits per heavy atom. The molecule has 3 rings (SSSR count). The van der Waals surface area contributed by atoms with E-state index in [0.29, 0.717) is 6.04 Å². The molecule has 4 heteroatoms. The van der Waals surface area contributed by atoms with Gasteiger partial charge in [-0.2, -0.15) is 0 Å². The smallest absolute Gasteiger partial charge is 0.136 e. The highest BCUT2D eigenvalue weighted by molar-refractivity contribution is 5.66. The number of rotatable bonds is 5. The van der Waals surface area contributed by atoms with E-state index in [-0.39, 0.29) is 0 Å². The lowest BCUT2D eigenvalue weighted by Crippen LogP contribution is -2.07. The fourth-order valence-electron chi connectivity index (χ4n) is 2.47. The lowest BCUT2D eigenvalue weighted by molar-refractivity contribution is 1.02. The second kappa shape index (κ2) is 5.72. The van der Waals surface area contributed by atoms with Crippen molar-refractivity contribution in [2.75, 3.05) is 10.6 Å². The number of nitrogens with zero attached hydrogens (tertiary/aromatic N) is 2. The average molecular weight is 282 g/mol. The van der Waals surface area contributed by atoms with Crippen LogP contribution in [0.15, 0.2) is 24.3 Å². The van der Waals surface area contributed by atoms with Gasteiger partial charge in [0.25, 0.3) is 0 Å². The fourth-order valence-corrected chi connectivity index (χ4v) is 2.47. The number of para-hydroxylation sites is 1. The summed E-state index contributed by atoms with van der Waals surface area (Å²) in [6, 6.07) is 8.98. The van der Waals surface area contributed by atoms with Crippen LogP contribution in [0.25, 0.3) is 0 Å². The Kier molecular flexibility index (Phi) is 3.78. The molecule has 0 atom stereocenters. The van der Waals surface area contributed by atoms with Gasteiger partial charge in [-0.3, -0.25) is 0 Å². The molecule has 0 unspecified atom stereocenters. The molecule has 21 heavy (non-hydrogen) atoms. The van der Waals surface area contributed by atoms with E-state index in [1.54, 1.807) is 0 Å². The molecule has 0 bridgehead atoms. The number of nitrogens with one attached hydrogen (secondary N) is 2. The minimum atomic E-state index is 0.594. The van der Waals surface area contributed by atoms with Crippen LogP contribution in [0.3, 0.4) is 0 Å². The van der Waals surface area contributed by atoms with Crippen LogP contribution >= 0.6 is 0 Å². The molecule has 1 aromatic heterocycles. The van der Waals surface area contributed by atoms with Crippen molar-refractivity contribution in [1.82, 2.24) is 9.97 Å². The number of hydrogen-bond donors (Lipinski definition) is 2. The quantitative estimate of drug-likeness (QED) is 0.871. The summed E-state index contributed by atoms with van der Waals surface area (Å²) in [5, 5.41) is 6.91. The first-order valence-corrected chi connectivity index (χ1v) is 7.63. The molecule has 1 saturated carbocycles. The Bertz CT molecular complexity index is 647. The van der Waals surface area contributed by atoms with Gasteiger partial charge in [0, 0.05) is 17.8 Å². The lowest BCUT2D eigenvalue weighted by Gasteiger charge is -2.14. The maximum atomic E-state index is 4.51. The van der Waals surface area contributed by atoms with Crippen LogP contribution in [0.2, 0.25) is 0 Å². The summed E-state index contributed by atoms with van der Waals surface area (Å²) in [7, 11) is 0. The van der Waals surface area contributed by atoms with E-state index < -0.39 is 0 Å². The van der Waals surface area contributed by atoms with Crippen LogP contribution in [-0.4, -0.2) is 16.0 Å². The minimum Gasteiger partial charge on any atom is -0.367 e. The second-order valence-corrected chi connectivity index (χ2v) is 5.69. The molecule has 4 nitrogen and oxygen atoms in total. The molecule has 2 N–H and O–H groups in total. The monoisotopic (exact) mass is 282 g/mol. The zero-order valence-corrected chi connectivity index (χ0v) is 12.9. The fraction of sp³-hybridized carbons (Fsp3) is 0.412. The SMILES string of the molecule is CCc1cccc(C)c1Nc1cc(NC2CC2)nc(C)n1. The molecule has 110 valence electrons. The topological polar surface area (TPSA) is 49.8 Å². The van der Waals surface area contributed by atoms with Crippen molar-refractivity contribution in [3.05, 3.63) is 41.2 Å². The van der Waals surface area contributed by atoms with E-state index in [1.807, 2.05) is 13.0 Å². The minimum absolute atomic E-state index is 0.594. The number of benzene rings is 1. The molecule has 0 radical (unpaired) electrons. The molecule has 1 heterocycles. The Labute approximate surface area is 126 Å². The van der Waals surface area contributed by atoms with Gasteiger partial charge in [-0.05, 0) is 44.2 Å². The van der Waals surface area contributed by atoms with Crippen molar-refractivity contribution >= 4 is 17.3 Å². The van der Waals surface area contributed by atoms with E-state index >= 15 is 0 Å². The Balaban J connectivity index is 1.88. The van der Waals surface area contributed by atoms with E-state index in [2.05, 4.69) is 52.6 Å². The summed E-state index contributed by atoms with van der Waals surface area (Å²) >= 11 is 0. The standard InChI is InChI=1S/C17H22N4/c1-4-13-7-5-6-11(2)17(13)21-16-10-15(18-12(3)19-16)20-14-8-9-14/h5-7,10,14H,4,8-9H2,1-3H3,(H2,18,19,20,21). The predicted molar refractivity (Wildman–Crippen MR) is 87.3 cm³/mol. The van der Waals surface area contributed by atoms with Crippen molar-refractivity contribution in [3.8, 4) is 0 Å². The van der Waals surface area contributed by atoms with Crippen molar-refractivity contribution < 1.29 is 0 Å². The summed E-state index contributed by atoms with van der Waals surface area (Å²) in [4.78, 5) is 8.97. The molecule has 2 aromatic rings. The molecule has 0 aliphatic heterocycles. The molecule has 1 aliphatic rings. The van der Waals surface area contributed by atoms with Gasteiger partial charge in [-0.1, -0.05) is 25.1 Å². The summed E-state index contributed by atoms with van der Waals surface area (Å²) in [5.41, 5.74) is 3.71. The van der Waals surface area contributed by atoms with Crippen LogP contribution in [0, 0.1) is 13.8 Å². The highest BCUT2D eigenvalue weighted by Gasteiger charge is 2.21. The van der Waals surface area contributed by atoms with Crippen molar-refractivity contribution in [2.45, 2.75) is 46.1 Å². The number of hydrogen-bond acceptors (Lipinski definition) is 4. The van der Waals surface area contributed by atoms with E-state index in [1.165, 1.54) is 24.0 Å². The van der Waals surface area contributed by atoms with Crippen molar-refractivity contribution in [1.29, 1.82) is 0 Å². The van der Waals surface area contributed by atoms with E-state index in [9.17, 15) is 0 Å². The molecular formula is C17H22N4. The third-order valence-electron chi connectivity index (χ3n) is 3.76. The lowest BCUT2D eigenvalue weighted by atomic mass is 10.1. The highest BCUT2D eigenvalue weighted by atomic mass is 15.1. The maximum Gasteiger partial charge on any atom is 0.136 e. The van der Waals surface area contributed by atoms with Gasteiger partial charge in [0.2, 0.25) is 0 Å². The van der Waals surface area contributed by atoms with Gasteiger partial charge in [0.05, 0.1) is 0 Å². The molecule has 1 aromatic carbocycles. The van der Waals surface area contributed by atoms with Crippen LogP contribution in [-0.2, 0) is 6.42 Å². The van der Waals surface area contributed by atoms with Gasteiger partial charge < -0.3 is 10.6 Å².